The van der Waals surface area contributed by atoms with E-state index in [1.54, 1.807) is 19.5 Å². The number of nitrogens with one attached hydrogen (secondary N) is 1. The Bertz CT molecular complexity index is 820. The SMILES string of the molecule is COc1ccc(C=NNc2ccnc3cc(Cl)ccc23)cc1.Cl. The van der Waals surface area contributed by atoms with Crippen LogP contribution in [0.25, 0.3) is 10.9 Å². The zero-order chi connectivity index (χ0) is 15.4. The highest BCUT2D eigenvalue weighted by atomic mass is 35.5. The Morgan fingerprint density at radius 2 is 1.91 bits per heavy atom. The lowest BCUT2D eigenvalue weighted by molar-refractivity contribution is 0.415. The van der Waals surface area contributed by atoms with E-state index in [1.165, 1.54) is 0 Å². The topological polar surface area (TPSA) is 46.5 Å². The molecule has 0 fully saturated rings. The van der Waals surface area contributed by atoms with Crippen LogP contribution in [-0.2, 0) is 0 Å². The number of aromatic nitrogens is 1. The fourth-order valence-electron chi connectivity index (χ4n) is 2.09. The van der Waals surface area contributed by atoms with Gasteiger partial charge in [0.2, 0.25) is 0 Å². The van der Waals surface area contributed by atoms with Crippen molar-refractivity contribution in [3.8, 4) is 5.75 Å². The predicted molar refractivity (Wildman–Crippen MR) is 98.2 cm³/mol. The molecular formula is C17H15Cl2N3O. The quantitative estimate of drug-likeness (QED) is 0.546. The van der Waals surface area contributed by atoms with Crippen LogP contribution in [-0.4, -0.2) is 18.3 Å². The number of ether oxygens (including phenoxy) is 1. The smallest absolute Gasteiger partial charge is 0.118 e. The molecule has 0 bridgehead atoms. The lowest BCUT2D eigenvalue weighted by Crippen LogP contribution is -1.93. The average molecular weight is 348 g/mol. The standard InChI is InChI=1S/C17H14ClN3O.ClH/c1-22-14-5-2-12(3-6-14)11-20-21-16-8-9-19-17-10-13(18)4-7-15(16)17;/h2-11H,1H3,(H,19,21);1H. The van der Waals surface area contributed by atoms with Gasteiger partial charge in [-0.25, -0.2) is 0 Å². The summed E-state index contributed by atoms with van der Waals surface area (Å²) >= 11 is 5.98. The maximum Gasteiger partial charge on any atom is 0.118 e. The van der Waals surface area contributed by atoms with E-state index >= 15 is 0 Å². The Kier molecular flexibility index (Phi) is 5.79. The van der Waals surface area contributed by atoms with Gasteiger partial charge in [0.1, 0.15) is 5.75 Å². The van der Waals surface area contributed by atoms with Crippen LogP contribution >= 0.6 is 24.0 Å². The summed E-state index contributed by atoms with van der Waals surface area (Å²) in [6, 6.07) is 15.1. The molecule has 3 rings (SSSR count). The number of fused-ring (bicyclic) bond motifs is 1. The molecule has 0 unspecified atom stereocenters. The highest BCUT2D eigenvalue weighted by Gasteiger charge is 2.01. The Morgan fingerprint density at radius 3 is 2.65 bits per heavy atom. The van der Waals surface area contributed by atoms with Crippen molar-refractivity contribution in [3.63, 3.8) is 0 Å². The highest BCUT2D eigenvalue weighted by Crippen LogP contribution is 2.24. The van der Waals surface area contributed by atoms with Crippen LogP contribution in [0, 0.1) is 0 Å². The fourth-order valence-corrected chi connectivity index (χ4v) is 2.25. The summed E-state index contributed by atoms with van der Waals surface area (Å²) in [6.45, 7) is 0. The molecule has 1 N–H and O–H groups in total. The Balaban J connectivity index is 0.00000192. The van der Waals surface area contributed by atoms with Crippen molar-refractivity contribution in [2.75, 3.05) is 12.5 Å². The molecule has 0 saturated carbocycles. The first-order valence-electron chi connectivity index (χ1n) is 6.74. The van der Waals surface area contributed by atoms with Gasteiger partial charge in [-0.05, 0) is 54.1 Å². The Hall–Kier alpha value is -2.30. The molecule has 0 aliphatic heterocycles. The van der Waals surface area contributed by atoms with Crippen LogP contribution < -0.4 is 10.2 Å². The third-order valence-electron chi connectivity index (χ3n) is 3.22. The van der Waals surface area contributed by atoms with Crippen molar-refractivity contribution in [1.29, 1.82) is 0 Å². The molecule has 0 aliphatic rings. The third kappa shape index (κ3) is 4.12. The van der Waals surface area contributed by atoms with Gasteiger partial charge in [0.05, 0.1) is 24.5 Å². The second-order valence-corrected chi connectivity index (χ2v) is 5.10. The molecule has 0 saturated heterocycles. The van der Waals surface area contributed by atoms with E-state index < -0.39 is 0 Å². The molecule has 4 nitrogen and oxygen atoms in total. The van der Waals surface area contributed by atoms with Gasteiger partial charge < -0.3 is 4.74 Å². The van der Waals surface area contributed by atoms with Crippen molar-refractivity contribution in [1.82, 2.24) is 4.98 Å². The minimum absolute atomic E-state index is 0. The summed E-state index contributed by atoms with van der Waals surface area (Å²) in [7, 11) is 1.64. The molecule has 0 amide bonds. The number of nitrogens with zero attached hydrogens (tertiary/aromatic N) is 2. The van der Waals surface area contributed by atoms with Gasteiger partial charge in [0.15, 0.2) is 0 Å². The number of methoxy groups -OCH3 is 1. The molecule has 118 valence electrons. The largest absolute Gasteiger partial charge is 0.497 e. The minimum atomic E-state index is 0. The minimum Gasteiger partial charge on any atom is -0.497 e. The second-order valence-electron chi connectivity index (χ2n) is 4.66. The number of hydrogen-bond acceptors (Lipinski definition) is 4. The summed E-state index contributed by atoms with van der Waals surface area (Å²) < 4.78 is 5.12. The molecule has 0 radical (unpaired) electrons. The maximum absolute atomic E-state index is 5.98. The monoisotopic (exact) mass is 347 g/mol. The summed E-state index contributed by atoms with van der Waals surface area (Å²) in [4.78, 5) is 4.30. The summed E-state index contributed by atoms with van der Waals surface area (Å²) in [5.74, 6) is 0.821. The number of anilines is 1. The zero-order valence-corrected chi connectivity index (χ0v) is 13.9. The second kappa shape index (κ2) is 7.81. The first-order valence-corrected chi connectivity index (χ1v) is 7.11. The Morgan fingerprint density at radius 1 is 1.13 bits per heavy atom. The lowest BCUT2D eigenvalue weighted by atomic mass is 10.2. The van der Waals surface area contributed by atoms with Gasteiger partial charge in [-0.1, -0.05) is 11.6 Å². The van der Waals surface area contributed by atoms with Crippen LogP contribution in [0.15, 0.2) is 59.8 Å². The molecule has 23 heavy (non-hydrogen) atoms. The van der Waals surface area contributed by atoms with Gasteiger partial charge in [-0.15, -0.1) is 12.4 Å². The van der Waals surface area contributed by atoms with E-state index in [9.17, 15) is 0 Å². The van der Waals surface area contributed by atoms with Gasteiger partial charge in [-0.2, -0.15) is 5.10 Å². The van der Waals surface area contributed by atoms with E-state index in [0.29, 0.717) is 5.02 Å². The normalized spacial score (nSPS) is 10.5. The van der Waals surface area contributed by atoms with Crippen LogP contribution in [0.2, 0.25) is 5.02 Å². The van der Waals surface area contributed by atoms with Crippen molar-refractivity contribution in [2.45, 2.75) is 0 Å². The van der Waals surface area contributed by atoms with Gasteiger partial charge in [0.25, 0.3) is 0 Å². The van der Waals surface area contributed by atoms with Crippen molar-refractivity contribution in [3.05, 3.63) is 65.3 Å². The van der Waals surface area contributed by atoms with E-state index in [2.05, 4.69) is 15.5 Å². The van der Waals surface area contributed by atoms with E-state index in [0.717, 1.165) is 27.9 Å². The third-order valence-corrected chi connectivity index (χ3v) is 3.45. The van der Waals surface area contributed by atoms with Gasteiger partial charge >= 0.3 is 0 Å². The van der Waals surface area contributed by atoms with E-state index in [4.69, 9.17) is 16.3 Å². The maximum atomic E-state index is 5.98. The number of hydrogen-bond donors (Lipinski definition) is 1. The van der Waals surface area contributed by atoms with Crippen LogP contribution in [0.4, 0.5) is 5.69 Å². The molecule has 0 aliphatic carbocycles. The molecule has 6 heteroatoms. The van der Waals surface area contributed by atoms with Gasteiger partial charge in [-0.3, -0.25) is 10.4 Å². The summed E-state index contributed by atoms with van der Waals surface area (Å²) in [5, 5.41) is 5.90. The van der Waals surface area contributed by atoms with E-state index in [1.807, 2.05) is 48.5 Å². The van der Waals surface area contributed by atoms with Crippen molar-refractivity contribution in [2.24, 2.45) is 5.10 Å². The van der Waals surface area contributed by atoms with Crippen LogP contribution in [0.5, 0.6) is 5.75 Å². The molecule has 1 aromatic heterocycles. The average Bonchev–Trinajstić information content (AvgIpc) is 2.55. The first-order chi connectivity index (χ1) is 10.8. The van der Waals surface area contributed by atoms with Crippen molar-refractivity contribution < 1.29 is 4.74 Å². The highest BCUT2D eigenvalue weighted by molar-refractivity contribution is 6.31. The van der Waals surface area contributed by atoms with Crippen LogP contribution in [0.3, 0.4) is 0 Å². The zero-order valence-electron chi connectivity index (χ0n) is 12.4. The Labute approximate surface area is 145 Å². The summed E-state index contributed by atoms with van der Waals surface area (Å²) in [5.41, 5.74) is 5.73. The number of benzene rings is 2. The molecule has 3 aromatic rings. The first kappa shape index (κ1) is 17.1. The molecule has 2 aromatic carbocycles. The number of halogens is 2. The predicted octanol–water partition coefficient (Wildman–Crippen LogP) is 4.76. The van der Waals surface area contributed by atoms with Gasteiger partial charge in [0, 0.05) is 16.6 Å². The number of rotatable bonds is 4. The molecule has 1 heterocycles. The molecule has 0 atom stereocenters. The summed E-state index contributed by atoms with van der Waals surface area (Å²) in [6.07, 6.45) is 3.48. The van der Waals surface area contributed by atoms with Crippen LogP contribution in [0.1, 0.15) is 5.56 Å². The number of hydrazone groups is 1. The van der Waals surface area contributed by atoms with E-state index in [-0.39, 0.29) is 12.4 Å². The lowest BCUT2D eigenvalue weighted by Gasteiger charge is -2.05. The molecule has 0 spiro atoms. The fraction of sp³-hybridized carbons (Fsp3) is 0.0588. The molecular weight excluding hydrogens is 333 g/mol. The number of pyridine rings is 1. The van der Waals surface area contributed by atoms with Crippen molar-refractivity contribution >= 4 is 46.8 Å².